The summed E-state index contributed by atoms with van der Waals surface area (Å²) in [4.78, 5) is 28.7. The Bertz CT molecular complexity index is 1410. The lowest BCUT2D eigenvalue weighted by Gasteiger charge is -2.28. The molecule has 0 saturated heterocycles. The van der Waals surface area contributed by atoms with E-state index in [1.54, 1.807) is 11.3 Å². The molecule has 47 heavy (non-hydrogen) atoms. The summed E-state index contributed by atoms with van der Waals surface area (Å²) in [6.07, 6.45) is 5.58. The van der Waals surface area contributed by atoms with Crippen molar-refractivity contribution in [3.8, 4) is 0 Å². The minimum Gasteiger partial charge on any atom is -0.462 e. The van der Waals surface area contributed by atoms with Crippen molar-refractivity contribution in [2.45, 2.75) is 144 Å². The predicted molar refractivity (Wildman–Crippen MR) is 196 cm³/mol. The Morgan fingerprint density at radius 1 is 0.681 bits per heavy atom. The second kappa shape index (κ2) is 15.5. The molecule has 0 atom stereocenters. The molecule has 1 aromatic heterocycles. The van der Waals surface area contributed by atoms with Gasteiger partial charge in [0.1, 0.15) is 0 Å². The molecule has 3 aromatic rings. The van der Waals surface area contributed by atoms with Crippen LogP contribution >= 0.6 is 11.3 Å². The second-order valence-electron chi connectivity index (χ2n) is 17.3. The van der Waals surface area contributed by atoms with Crippen LogP contribution in [0.5, 0.6) is 0 Å². The van der Waals surface area contributed by atoms with E-state index in [4.69, 9.17) is 4.74 Å². The van der Waals surface area contributed by atoms with Crippen molar-refractivity contribution in [3.63, 3.8) is 0 Å². The monoisotopic (exact) mass is 661 g/mol. The summed E-state index contributed by atoms with van der Waals surface area (Å²) >= 11 is 1.60. The zero-order valence-electron chi connectivity index (χ0n) is 31.4. The SMILES string of the molecule is CC(C)(C)c1cc(CN(CCCCCCOC(=O)c2cc(C(C)(C)C)cc(C(C)(C)C)c2)C(=O)C[n+]2ccsc2)cc(C(C)(C)C)c1. The smallest absolute Gasteiger partial charge is 0.338 e. The van der Waals surface area contributed by atoms with Gasteiger partial charge in [-0.05, 0) is 80.9 Å². The fourth-order valence-corrected chi connectivity index (χ4v) is 5.99. The average Bonchev–Trinajstić information content (AvgIpc) is 3.46. The Hall–Kier alpha value is -2.99. The number of aromatic nitrogens is 1. The minimum absolute atomic E-state index is 0.0190. The van der Waals surface area contributed by atoms with Crippen molar-refractivity contribution in [2.75, 3.05) is 13.2 Å². The van der Waals surface area contributed by atoms with Crippen LogP contribution in [0.3, 0.4) is 0 Å². The fraction of sp³-hybridized carbons (Fsp3) is 0.585. The van der Waals surface area contributed by atoms with E-state index in [0.29, 0.717) is 31.8 Å². The number of carbonyl (C=O) groups is 2. The zero-order valence-corrected chi connectivity index (χ0v) is 32.2. The third-order valence-corrected chi connectivity index (χ3v) is 9.42. The standard InChI is InChI=1S/C41H61N2O3S/c1-38(2,3)32-21-30(22-33(25-32)39(4,5)6)27-43(36(44)28-42-18-20-47-29-42)17-15-13-14-16-19-46-37(45)31-23-34(40(7,8)9)26-35(24-31)41(10,11)12/h18,20-26,29H,13-17,19,27-28H2,1-12H3/q+1. The summed E-state index contributed by atoms with van der Waals surface area (Å²) in [5, 5.41) is 2.00. The fourth-order valence-electron chi connectivity index (χ4n) is 5.39. The number of rotatable bonds is 12. The molecule has 1 amide bonds. The third-order valence-electron chi connectivity index (χ3n) is 8.75. The molecule has 258 valence electrons. The molecular formula is C41H61N2O3S+. The number of benzene rings is 2. The Kier molecular flexibility index (Phi) is 12.7. The minimum atomic E-state index is -0.253. The van der Waals surface area contributed by atoms with Gasteiger partial charge in [-0.1, -0.05) is 125 Å². The van der Waals surface area contributed by atoms with Gasteiger partial charge in [-0.2, -0.15) is 4.57 Å². The van der Waals surface area contributed by atoms with Gasteiger partial charge in [-0.25, -0.2) is 4.79 Å². The average molecular weight is 662 g/mol. The molecule has 0 bridgehead atoms. The Morgan fingerprint density at radius 2 is 1.17 bits per heavy atom. The summed E-state index contributed by atoms with van der Waals surface area (Å²) in [5.74, 6) is -0.121. The number of hydrogen-bond acceptors (Lipinski definition) is 4. The van der Waals surface area contributed by atoms with E-state index in [0.717, 1.165) is 36.8 Å². The van der Waals surface area contributed by atoms with Gasteiger partial charge in [0.2, 0.25) is 12.1 Å². The largest absolute Gasteiger partial charge is 0.462 e. The van der Waals surface area contributed by atoms with Gasteiger partial charge in [0.05, 0.1) is 17.6 Å². The molecule has 5 nitrogen and oxygen atoms in total. The highest BCUT2D eigenvalue weighted by molar-refractivity contribution is 7.07. The summed E-state index contributed by atoms with van der Waals surface area (Å²) < 4.78 is 7.70. The topological polar surface area (TPSA) is 50.5 Å². The molecule has 3 rings (SSSR count). The molecule has 0 unspecified atom stereocenters. The third kappa shape index (κ3) is 11.9. The van der Waals surface area contributed by atoms with Gasteiger partial charge in [0.15, 0.2) is 6.20 Å². The van der Waals surface area contributed by atoms with E-state index < -0.39 is 0 Å². The van der Waals surface area contributed by atoms with Crippen LogP contribution in [0.2, 0.25) is 0 Å². The number of amides is 1. The Balaban J connectivity index is 1.62. The Morgan fingerprint density at radius 3 is 1.64 bits per heavy atom. The van der Waals surface area contributed by atoms with E-state index in [2.05, 4.69) is 107 Å². The molecule has 0 fully saturated rings. The lowest BCUT2D eigenvalue weighted by Crippen LogP contribution is -2.43. The molecule has 6 heteroatoms. The van der Waals surface area contributed by atoms with E-state index >= 15 is 0 Å². The van der Waals surface area contributed by atoms with Crippen LogP contribution in [0, 0.1) is 0 Å². The highest BCUT2D eigenvalue weighted by atomic mass is 32.1. The van der Waals surface area contributed by atoms with Crippen LogP contribution in [0.1, 0.15) is 147 Å². The summed E-state index contributed by atoms with van der Waals surface area (Å²) in [6.45, 7) is 28.6. The normalized spacial score (nSPS) is 12.7. The van der Waals surface area contributed by atoms with Crippen molar-refractivity contribution in [1.82, 2.24) is 4.90 Å². The van der Waals surface area contributed by atoms with E-state index in [-0.39, 0.29) is 33.5 Å². The van der Waals surface area contributed by atoms with Gasteiger partial charge in [-0.15, -0.1) is 0 Å². The first-order chi connectivity index (χ1) is 21.6. The Labute approximate surface area is 289 Å². The van der Waals surface area contributed by atoms with Gasteiger partial charge in [-0.3, -0.25) is 4.79 Å². The summed E-state index contributed by atoms with van der Waals surface area (Å²) in [6, 6.07) is 13.1. The lowest BCUT2D eigenvalue weighted by molar-refractivity contribution is -0.680. The van der Waals surface area contributed by atoms with Crippen molar-refractivity contribution in [1.29, 1.82) is 0 Å². The molecule has 0 N–H and O–H groups in total. The van der Waals surface area contributed by atoms with Crippen molar-refractivity contribution < 1.29 is 18.9 Å². The lowest BCUT2D eigenvalue weighted by atomic mass is 9.79. The van der Waals surface area contributed by atoms with Crippen LogP contribution < -0.4 is 4.57 Å². The molecule has 2 aromatic carbocycles. The van der Waals surface area contributed by atoms with Crippen molar-refractivity contribution in [3.05, 3.63) is 86.9 Å². The maximum Gasteiger partial charge on any atom is 0.338 e. The van der Waals surface area contributed by atoms with Crippen LogP contribution in [-0.4, -0.2) is 29.9 Å². The van der Waals surface area contributed by atoms with E-state index in [1.165, 1.54) is 16.7 Å². The maximum absolute atomic E-state index is 13.6. The highest BCUT2D eigenvalue weighted by Crippen LogP contribution is 2.32. The molecule has 0 aliphatic rings. The molecule has 0 aliphatic carbocycles. The van der Waals surface area contributed by atoms with Crippen molar-refractivity contribution in [2.24, 2.45) is 0 Å². The molecule has 0 radical (unpaired) electrons. The molecule has 0 saturated carbocycles. The molecule has 0 aliphatic heterocycles. The number of hydrogen-bond donors (Lipinski definition) is 0. The van der Waals surface area contributed by atoms with Gasteiger partial charge >= 0.3 is 5.97 Å². The number of nitrogens with zero attached hydrogens (tertiary/aromatic N) is 2. The number of thiazole rings is 1. The van der Waals surface area contributed by atoms with Crippen LogP contribution in [-0.2, 0) is 44.3 Å². The number of ether oxygens (including phenoxy) is 1. The van der Waals surface area contributed by atoms with E-state index in [1.807, 2.05) is 38.7 Å². The number of unbranched alkanes of at least 4 members (excludes halogenated alkanes) is 3. The van der Waals surface area contributed by atoms with Gasteiger partial charge in [0.25, 0.3) is 5.91 Å². The summed E-state index contributed by atoms with van der Waals surface area (Å²) in [7, 11) is 0. The summed E-state index contributed by atoms with van der Waals surface area (Å²) in [5.41, 5.74) is 8.61. The number of carbonyl (C=O) groups excluding carboxylic acids is 2. The zero-order chi connectivity index (χ0) is 35.2. The molecule has 0 spiro atoms. The van der Waals surface area contributed by atoms with Crippen molar-refractivity contribution >= 4 is 23.2 Å². The maximum atomic E-state index is 13.6. The quantitative estimate of drug-likeness (QED) is 0.110. The molecule has 1 heterocycles. The van der Waals surface area contributed by atoms with Crippen LogP contribution in [0.25, 0.3) is 0 Å². The van der Waals surface area contributed by atoms with Gasteiger partial charge in [0, 0.05) is 13.1 Å². The first-order valence-corrected chi connectivity index (χ1v) is 18.3. The van der Waals surface area contributed by atoms with Crippen LogP contribution in [0.4, 0.5) is 0 Å². The highest BCUT2D eigenvalue weighted by Gasteiger charge is 2.25. The predicted octanol–water partition coefficient (Wildman–Crippen LogP) is 9.67. The second-order valence-corrected chi connectivity index (χ2v) is 18.0. The first-order valence-electron chi connectivity index (χ1n) is 17.3. The van der Waals surface area contributed by atoms with Crippen LogP contribution in [0.15, 0.2) is 53.5 Å². The molecular weight excluding hydrogens is 601 g/mol. The number of esters is 1. The van der Waals surface area contributed by atoms with Gasteiger partial charge < -0.3 is 9.64 Å². The first kappa shape index (κ1) is 38.5. The van der Waals surface area contributed by atoms with E-state index in [9.17, 15) is 9.59 Å².